The number of ether oxygens (including phenoxy) is 1. The Morgan fingerprint density at radius 1 is 1.43 bits per heavy atom. The van der Waals surface area contributed by atoms with Crippen LogP contribution in [0.15, 0.2) is 6.20 Å². The lowest BCUT2D eigenvalue weighted by molar-refractivity contribution is -0.152. The van der Waals surface area contributed by atoms with Crippen molar-refractivity contribution in [2.24, 2.45) is 0 Å². The van der Waals surface area contributed by atoms with Crippen LogP contribution in [0.1, 0.15) is 37.8 Å². The molecule has 0 saturated heterocycles. The maximum Gasteiger partial charge on any atom is 0.331 e. The molecule has 1 aromatic heterocycles. The third-order valence-electron chi connectivity index (χ3n) is 4.00. The summed E-state index contributed by atoms with van der Waals surface area (Å²) in [5, 5.41) is 7.41. The fraction of sp³-hybridized carbons (Fsp3) is 0.643. The van der Waals surface area contributed by atoms with Gasteiger partial charge in [0, 0.05) is 0 Å². The predicted molar refractivity (Wildman–Crippen MR) is 77.9 cm³/mol. The molecule has 0 atom stereocenters. The molecule has 1 aromatic rings. The average molecular weight is 314 g/mol. The quantitative estimate of drug-likeness (QED) is 0.861. The topological polar surface area (TPSA) is 73.2 Å². The van der Waals surface area contributed by atoms with Crippen molar-refractivity contribution in [3.8, 4) is 0 Å². The van der Waals surface area contributed by atoms with E-state index in [2.05, 4.69) is 10.4 Å². The van der Waals surface area contributed by atoms with E-state index in [1.165, 1.54) is 18.0 Å². The molecule has 1 heterocycles. The van der Waals surface area contributed by atoms with Gasteiger partial charge in [0.05, 0.1) is 24.0 Å². The van der Waals surface area contributed by atoms with E-state index in [-0.39, 0.29) is 18.4 Å². The van der Waals surface area contributed by atoms with Crippen LogP contribution >= 0.6 is 11.6 Å². The largest absolute Gasteiger partial charge is 0.467 e. The standard InChI is InChI=1S/C14H20ClN3O3/c1-10-11(15)8-16-18(10)9-12(19)17-14(13(20)21-2)6-4-3-5-7-14/h8H,3-7,9H2,1-2H3,(H,17,19). The number of carbonyl (C=O) groups excluding carboxylic acids is 2. The summed E-state index contributed by atoms with van der Waals surface area (Å²) in [6.07, 6.45) is 5.61. The molecule has 2 rings (SSSR count). The second-order valence-corrected chi connectivity index (χ2v) is 5.83. The third-order valence-corrected chi connectivity index (χ3v) is 4.37. The van der Waals surface area contributed by atoms with E-state index in [9.17, 15) is 9.59 Å². The van der Waals surface area contributed by atoms with Crippen molar-refractivity contribution in [2.75, 3.05) is 7.11 Å². The summed E-state index contributed by atoms with van der Waals surface area (Å²) in [5.74, 6) is -0.629. The molecule has 7 heteroatoms. The molecule has 0 radical (unpaired) electrons. The summed E-state index contributed by atoms with van der Waals surface area (Å²) in [7, 11) is 1.35. The zero-order valence-electron chi connectivity index (χ0n) is 12.3. The van der Waals surface area contributed by atoms with Crippen LogP contribution in [-0.4, -0.2) is 34.3 Å². The van der Waals surface area contributed by atoms with Crippen molar-refractivity contribution in [3.63, 3.8) is 0 Å². The molecule has 21 heavy (non-hydrogen) atoms. The Hall–Kier alpha value is -1.56. The summed E-state index contributed by atoms with van der Waals surface area (Å²) >= 11 is 5.92. The summed E-state index contributed by atoms with van der Waals surface area (Å²) in [6, 6.07) is 0. The van der Waals surface area contributed by atoms with Crippen LogP contribution in [-0.2, 0) is 20.9 Å². The number of hydrogen-bond donors (Lipinski definition) is 1. The van der Waals surface area contributed by atoms with Crippen molar-refractivity contribution < 1.29 is 14.3 Å². The molecule has 0 bridgehead atoms. The van der Waals surface area contributed by atoms with Gasteiger partial charge in [0.1, 0.15) is 12.1 Å². The van der Waals surface area contributed by atoms with Crippen LogP contribution in [0, 0.1) is 6.92 Å². The van der Waals surface area contributed by atoms with Crippen LogP contribution in [0.5, 0.6) is 0 Å². The number of aromatic nitrogens is 2. The second-order valence-electron chi connectivity index (χ2n) is 5.42. The number of rotatable bonds is 4. The van der Waals surface area contributed by atoms with Gasteiger partial charge in [-0.2, -0.15) is 5.10 Å². The highest BCUT2D eigenvalue weighted by molar-refractivity contribution is 6.31. The third kappa shape index (κ3) is 3.37. The highest BCUT2D eigenvalue weighted by Gasteiger charge is 2.41. The zero-order chi connectivity index (χ0) is 15.5. The molecular weight excluding hydrogens is 294 g/mol. The van der Waals surface area contributed by atoms with Crippen molar-refractivity contribution in [2.45, 2.75) is 51.1 Å². The van der Waals surface area contributed by atoms with E-state index < -0.39 is 5.54 Å². The monoisotopic (exact) mass is 313 g/mol. The lowest BCUT2D eigenvalue weighted by Crippen LogP contribution is -2.56. The first-order valence-electron chi connectivity index (χ1n) is 7.06. The van der Waals surface area contributed by atoms with Gasteiger partial charge in [0.25, 0.3) is 0 Å². The molecule has 1 N–H and O–H groups in total. The number of hydrogen-bond acceptors (Lipinski definition) is 4. The van der Waals surface area contributed by atoms with Crippen LogP contribution in [0.25, 0.3) is 0 Å². The van der Waals surface area contributed by atoms with E-state index in [1.54, 1.807) is 6.92 Å². The van der Waals surface area contributed by atoms with Gasteiger partial charge in [0.15, 0.2) is 0 Å². The van der Waals surface area contributed by atoms with E-state index in [0.717, 1.165) is 25.0 Å². The minimum Gasteiger partial charge on any atom is -0.467 e. The van der Waals surface area contributed by atoms with Crippen LogP contribution in [0.3, 0.4) is 0 Å². The number of carbonyl (C=O) groups is 2. The highest BCUT2D eigenvalue weighted by Crippen LogP contribution is 2.29. The first-order valence-corrected chi connectivity index (χ1v) is 7.43. The molecule has 0 aromatic carbocycles. The number of methoxy groups -OCH3 is 1. The second kappa shape index (κ2) is 6.47. The first-order chi connectivity index (χ1) is 9.98. The Bertz CT molecular complexity index is 536. The van der Waals surface area contributed by atoms with Crippen LogP contribution in [0.4, 0.5) is 0 Å². The van der Waals surface area contributed by atoms with E-state index in [0.29, 0.717) is 17.9 Å². The maximum atomic E-state index is 12.2. The van der Waals surface area contributed by atoms with E-state index in [4.69, 9.17) is 16.3 Å². The molecular formula is C14H20ClN3O3. The molecule has 1 aliphatic rings. The van der Waals surface area contributed by atoms with Crippen molar-refractivity contribution in [3.05, 3.63) is 16.9 Å². The SMILES string of the molecule is COC(=O)C1(NC(=O)Cn2ncc(Cl)c2C)CCCCC1. The lowest BCUT2D eigenvalue weighted by atomic mass is 9.81. The summed E-state index contributed by atoms with van der Waals surface area (Å²) in [6.45, 7) is 1.83. The fourth-order valence-electron chi connectivity index (χ4n) is 2.76. The van der Waals surface area contributed by atoms with E-state index in [1.807, 2.05) is 0 Å². The normalized spacial score (nSPS) is 17.3. The minimum atomic E-state index is -0.894. The Morgan fingerprint density at radius 3 is 2.62 bits per heavy atom. The van der Waals surface area contributed by atoms with Crippen molar-refractivity contribution in [1.29, 1.82) is 0 Å². The Morgan fingerprint density at radius 2 is 2.10 bits per heavy atom. The Labute approximate surface area is 128 Å². The van der Waals surface area contributed by atoms with Gasteiger partial charge in [-0.05, 0) is 19.8 Å². The molecule has 0 unspecified atom stereocenters. The average Bonchev–Trinajstić information content (AvgIpc) is 2.79. The summed E-state index contributed by atoms with van der Waals surface area (Å²) in [5.41, 5.74) is -0.169. The van der Waals surface area contributed by atoms with Gasteiger partial charge < -0.3 is 10.1 Å². The van der Waals surface area contributed by atoms with Gasteiger partial charge in [-0.25, -0.2) is 4.79 Å². The molecule has 6 nitrogen and oxygen atoms in total. The molecule has 116 valence electrons. The zero-order valence-corrected chi connectivity index (χ0v) is 13.1. The summed E-state index contributed by atoms with van der Waals surface area (Å²) in [4.78, 5) is 24.3. The maximum absolute atomic E-state index is 12.2. The van der Waals surface area contributed by atoms with Crippen LogP contribution in [0.2, 0.25) is 5.02 Å². The van der Waals surface area contributed by atoms with Gasteiger partial charge in [0.2, 0.25) is 5.91 Å². The summed E-state index contributed by atoms with van der Waals surface area (Å²) < 4.78 is 6.39. The molecule has 0 spiro atoms. The van der Waals surface area contributed by atoms with Crippen LogP contribution < -0.4 is 5.32 Å². The number of nitrogens with zero attached hydrogens (tertiary/aromatic N) is 2. The van der Waals surface area contributed by atoms with Gasteiger partial charge in [-0.3, -0.25) is 9.48 Å². The minimum absolute atomic E-state index is 0.0390. The number of nitrogens with one attached hydrogen (secondary N) is 1. The highest BCUT2D eigenvalue weighted by atomic mass is 35.5. The molecule has 1 amide bonds. The van der Waals surface area contributed by atoms with Crippen molar-refractivity contribution in [1.82, 2.24) is 15.1 Å². The molecule has 1 saturated carbocycles. The van der Waals surface area contributed by atoms with Crippen molar-refractivity contribution >= 4 is 23.5 Å². The molecule has 0 aliphatic heterocycles. The number of amides is 1. The Balaban J connectivity index is 2.08. The predicted octanol–water partition coefficient (Wildman–Crippen LogP) is 1.84. The molecule has 1 aliphatic carbocycles. The fourth-order valence-corrected chi connectivity index (χ4v) is 2.90. The lowest BCUT2D eigenvalue weighted by Gasteiger charge is -2.35. The Kier molecular flexibility index (Phi) is 4.88. The molecule has 1 fully saturated rings. The number of halogens is 1. The first kappa shape index (κ1) is 15.8. The smallest absolute Gasteiger partial charge is 0.331 e. The van der Waals surface area contributed by atoms with E-state index >= 15 is 0 Å². The van der Waals surface area contributed by atoms with Gasteiger partial charge in [-0.15, -0.1) is 0 Å². The van der Waals surface area contributed by atoms with Gasteiger partial charge >= 0.3 is 5.97 Å². The van der Waals surface area contributed by atoms with Gasteiger partial charge in [-0.1, -0.05) is 30.9 Å². The number of esters is 1.